The quantitative estimate of drug-likeness (QED) is 0.119. The molecule has 0 unspecified atom stereocenters. The minimum absolute atomic E-state index is 1.22. The summed E-state index contributed by atoms with van der Waals surface area (Å²) in [6, 6.07) is 91.2. The lowest BCUT2D eigenvalue weighted by Gasteiger charge is -2.24. The van der Waals surface area contributed by atoms with Crippen LogP contribution in [0, 0.1) is 0 Å². The molecule has 0 spiro atoms. The molecule has 70 heavy (non-hydrogen) atoms. The Bertz CT molecular complexity index is 4700. The SMILES string of the molecule is c1ccc(-c2ccc3c4c2cccc4c2c4c5cccc6cccc(c4c(-c4ccccc4)c4c(-c7ccccc7)c7c8ccc(-c9ccccc9)c9c(-c%10ccccc%10)ccc(c98)c7c3c42)c65)cc1. The molecule has 0 heteroatoms. The zero-order chi connectivity index (χ0) is 45.6. The lowest BCUT2D eigenvalue weighted by molar-refractivity contribution is 1.64. The van der Waals surface area contributed by atoms with Gasteiger partial charge in [-0.3, -0.25) is 0 Å². The van der Waals surface area contributed by atoms with E-state index >= 15 is 0 Å². The molecule has 0 amide bonds. The van der Waals surface area contributed by atoms with E-state index in [1.54, 1.807) is 0 Å². The van der Waals surface area contributed by atoms with Crippen LogP contribution in [0.25, 0.3) is 163 Å². The Morgan fingerprint density at radius 1 is 0.143 bits per heavy atom. The summed E-state index contributed by atoms with van der Waals surface area (Å²) in [7, 11) is 0. The van der Waals surface area contributed by atoms with Crippen LogP contribution >= 0.6 is 0 Å². The van der Waals surface area contributed by atoms with E-state index in [0.717, 1.165) is 0 Å². The van der Waals surface area contributed by atoms with Crippen molar-refractivity contribution in [3.05, 3.63) is 243 Å². The van der Waals surface area contributed by atoms with Crippen LogP contribution in [0.1, 0.15) is 0 Å². The van der Waals surface area contributed by atoms with Crippen LogP contribution in [0.3, 0.4) is 0 Å². The van der Waals surface area contributed by atoms with Crippen molar-refractivity contribution in [1.29, 1.82) is 0 Å². The summed E-state index contributed by atoms with van der Waals surface area (Å²) >= 11 is 0. The van der Waals surface area contributed by atoms with Crippen molar-refractivity contribution in [2.45, 2.75) is 0 Å². The van der Waals surface area contributed by atoms with Gasteiger partial charge in [-0.05, 0) is 163 Å². The molecule has 0 aromatic heterocycles. The third kappa shape index (κ3) is 4.94. The van der Waals surface area contributed by atoms with Crippen molar-refractivity contribution in [2.24, 2.45) is 0 Å². The minimum atomic E-state index is 1.22. The molecule has 0 aliphatic rings. The maximum absolute atomic E-state index is 2.47. The molecule has 320 valence electrons. The Hall–Kier alpha value is -9.10. The molecule has 0 atom stereocenters. The van der Waals surface area contributed by atoms with Gasteiger partial charge in [-0.1, -0.05) is 243 Å². The van der Waals surface area contributed by atoms with Crippen LogP contribution in [0.15, 0.2) is 243 Å². The molecule has 16 rings (SSSR count). The average molecular weight is 881 g/mol. The van der Waals surface area contributed by atoms with E-state index in [1.807, 2.05) is 0 Å². The zero-order valence-corrected chi connectivity index (χ0v) is 38.1. The van der Waals surface area contributed by atoms with Crippen molar-refractivity contribution < 1.29 is 0 Å². The Labute approximate surface area is 403 Å². The van der Waals surface area contributed by atoms with E-state index in [0.29, 0.717) is 0 Å². The zero-order valence-electron chi connectivity index (χ0n) is 38.1. The third-order valence-electron chi connectivity index (χ3n) is 15.9. The first-order valence-electron chi connectivity index (χ1n) is 24.5. The highest BCUT2D eigenvalue weighted by Crippen LogP contribution is 2.60. The lowest BCUT2D eigenvalue weighted by Crippen LogP contribution is -1.95. The minimum Gasteiger partial charge on any atom is -0.0622 e. The van der Waals surface area contributed by atoms with E-state index in [4.69, 9.17) is 0 Å². The molecule has 0 aliphatic carbocycles. The van der Waals surface area contributed by atoms with Gasteiger partial charge in [0.05, 0.1) is 0 Å². The summed E-state index contributed by atoms with van der Waals surface area (Å²) in [5.41, 5.74) is 12.5. The van der Waals surface area contributed by atoms with E-state index in [-0.39, 0.29) is 0 Å². The largest absolute Gasteiger partial charge is 0.0622 e. The molecular weight excluding hydrogens is 841 g/mol. The average Bonchev–Trinajstić information content (AvgIpc) is 3.95. The second-order valence-corrected chi connectivity index (χ2v) is 19.2. The van der Waals surface area contributed by atoms with Crippen LogP contribution in [0.2, 0.25) is 0 Å². The van der Waals surface area contributed by atoms with Crippen molar-refractivity contribution >= 4 is 108 Å². The second-order valence-electron chi connectivity index (χ2n) is 19.2. The van der Waals surface area contributed by atoms with Gasteiger partial charge in [0, 0.05) is 0 Å². The molecule has 0 radical (unpaired) electrons. The first-order chi connectivity index (χ1) is 34.8. The second kappa shape index (κ2) is 14.2. The van der Waals surface area contributed by atoms with Crippen LogP contribution in [-0.4, -0.2) is 0 Å². The first-order valence-corrected chi connectivity index (χ1v) is 24.5. The predicted molar refractivity (Wildman–Crippen MR) is 302 cm³/mol. The summed E-state index contributed by atoms with van der Waals surface area (Å²) < 4.78 is 0. The third-order valence-corrected chi connectivity index (χ3v) is 15.9. The van der Waals surface area contributed by atoms with Crippen LogP contribution in [-0.2, 0) is 0 Å². The van der Waals surface area contributed by atoms with Crippen LogP contribution in [0.4, 0.5) is 0 Å². The fourth-order valence-corrected chi connectivity index (χ4v) is 13.2. The van der Waals surface area contributed by atoms with Gasteiger partial charge in [-0.15, -0.1) is 0 Å². The summed E-state index contributed by atoms with van der Waals surface area (Å²) in [5.74, 6) is 0. The van der Waals surface area contributed by atoms with Gasteiger partial charge < -0.3 is 0 Å². The van der Waals surface area contributed by atoms with Crippen LogP contribution < -0.4 is 0 Å². The fourth-order valence-electron chi connectivity index (χ4n) is 13.2. The smallest absolute Gasteiger partial charge is 0.0000476 e. The van der Waals surface area contributed by atoms with Crippen molar-refractivity contribution in [3.63, 3.8) is 0 Å². The summed E-state index contributed by atoms with van der Waals surface area (Å²) in [6.45, 7) is 0. The molecule has 0 bridgehead atoms. The first kappa shape index (κ1) is 37.9. The maximum Gasteiger partial charge on any atom is -0.0000476 e. The Morgan fingerprint density at radius 2 is 0.486 bits per heavy atom. The Kier molecular flexibility index (Phi) is 7.70. The van der Waals surface area contributed by atoms with Gasteiger partial charge in [-0.2, -0.15) is 0 Å². The highest BCUT2D eigenvalue weighted by atomic mass is 14.3. The lowest BCUT2D eigenvalue weighted by atomic mass is 9.78. The number of fused-ring (bicyclic) bond motifs is 10. The molecule has 0 N–H and O–H groups in total. The van der Waals surface area contributed by atoms with Crippen LogP contribution in [0.5, 0.6) is 0 Å². The molecule has 0 heterocycles. The summed E-state index contributed by atoms with van der Waals surface area (Å²) in [5, 5.41) is 26.3. The van der Waals surface area contributed by atoms with Crippen molar-refractivity contribution in [1.82, 2.24) is 0 Å². The standard InChI is InChI=1S/C70H40/c1-6-19-41(20-7-1)47-35-38-54-60-50(47)31-18-34-53(60)67-65-52-33-17-30-44-29-16-32-51(57(44)52)63(65)58(45-25-12-4-13-26-45)69-59(46-27-14-5-15-28-46)64-55-39-36-48(42-21-8-2-9-22-42)61-49(43-23-10-3-11-24-43)37-40-56(62(55)61)66(64)68(54)70(67)69/h1-40H. The molecule has 16 aromatic rings. The van der Waals surface area contributed by atoms with E-state index < -0.39 is 0 Å². The van der Waals surface area contributed by atoms with Gasteiger partial charge in [0.25, 0.3) is 0 Å². The topological polar surface area (TPSA) is 0 Å². The van der Waals surface area contributed by atoms with Gasteiger partial charge >= 0.3 is 0 Å². The number of hydrogen-bond acceptors (Lipinski definition) is 0. The molecule has 16 aromatic carbocycles. The Balaban J connectivity index is 1.28. The van der Waals surface area contributed by atoms with Gasteiger partial charge in [0.15, 0.2) is 0 Å². The van der Waals surface area contributed by atoms with E-state index in [1.165, 1.54) is 163 Å². The molecule has 0 nitrogen and oxygen atoms in total. The fraction of sp³-hybridized carbons (Fsp3) is 0. The molecule has 0 saturated heterocycles. The van der Waals surface area contributed by atoms with E-state index in [9.17, 15) is 0 Å². The number of hydrogen-bond donors (Lipinski definition) is 0. The molecule has 0 fully saturated rings. The van der Waals surface area contributed by atoms with Crippen molar-refractivity contribution in [3.8, 4) is 55.6 Å². The van der Waals surface area contributed by atoms with Gasteiger partial charge in [0.1, 0.15) is 0 Å². The Morgan fingerprint density at radius 3 is 0.986 bits per heavy atom. The highest BCUT2D eigenvalue weighted by Gasteiger charge is 2.31. The summed E-state index contributed by atoms with van der Waals surface area (Å²) in [6.07, 6.45) is 0. The van der Waals surface area contributed by atoms with Crippen molar-refractivity contribution in [2.75, 3.05) is 0 Å². The molecular formula is C70H40. The monoisotopic (exact) mass is 880 g/mol. The number of rotatable bonds is 5. The summed E-state index contributed by atoms with van der Waals surface area (Å²) in [4.78, 5) is 0. The van der Waals surface area contributed by atoms with Gasteiger partial charge in [-0.25, -0.2) is 0 Å². The highest BCUT2D eigenvalue weighted by molar-refractivity contribution is 6.55. The molecule has 0 saturated carbocycles. The predicted octanol–water partition coefficient (Wildman–Crippen LogP) is 19.9. The number of benzene rings is 14. The maximum atomic E-state index is 2.47. The molecule has 0 aliphatic heterocycles. The van der Waals surface area contributed by atoms with E-state index in [2.05, 4.69) is 243 Å². The van der Waals surface area contributed by atoms with Gasteiger partial charge in [0.2, 0.25) is 0 Å². The normalized spacial score (nSPS) is 12.3.